The molecule has 3 aromatic rings. The second-order valence-electron chi connectivity index (χ2n) is 5.42. The lowest BCUT2D eigenvalue weighted by Gasteiger charge is -2.14. The van der Waals surface area contributed by atoms with Crippen LogP contribution in [-0.2, 0) is 0 Å². The van der Waals surface area contributed by atoms with Gasteiger partial charge in [-0.15, -0.1) is 11.3 Å². The summed E-state index contributed by atoms with van der Waals surface area (Å²) in [5.41, 5.74) is 0.717. The van der Waals surface area contributed by atoms with Gasteiger partial charge in [-0.2, -0.15) is 0 Å². The molecule has 2 heterocycles. The van der Waals surface area contributed by atoms with Gasteiger partial charge < -0.3 is 14.8 Å². The van der Waals surface area contributed by atoms with Crippen molar-refractivity contribution in [2.45, 2.75) is 18.8 Å². The molecule has 23 heavy (non-hydrogen) atoms. The maximum Gasteiger partial charge on any atom is 0.287 e. The minimum Gasteiger partial charge on any atom is -0.451 e. The van der Waals surface area contributed by atoms with Crippen molar-refractivity contribution in [1.29, 1.82) is 0 Å². The van der Waals surface area contributed by atoms with E-state index in [9.17, 15) is 9.90 Å². The van der Waals surface area contributed by atoms with Gasteiger partial charge in [-0.25, -0.2) is 0 Å². The van der Waals surface area contributed by atoms with Crippen LogP contribution in [0.3, 0.4) is 0 Å². The van der Waals surface area contributed by atoms with E-state index in [0.717, 1.165) is 17.4 Å². The molecule has 3 rings (SSSR count). The van der Waals surface area contributed by atoms with Crippen LogP contribution in [0.2, 0.25) is 0 Å². The van der Waals surface area contributed by atoms with Crippen LogP contribution in [0.25, 0.3) is 11.0 Å². The highest BCUT2D eigenvalue weighted by Gasteiger charge is 2.15. The van der Waals surface area contributed by atoms with Gasteiger partial charge in [-0.05, 0) is 42.3 Å². The zero-order valence-electron chi connectivity index (χ0n) is 12.7. The van der Waals surface area contributed by atoms with Crippen molar-refractivity contribution in [1.82, 2.24) is 5.32 Å². The molecule has 2 aromatic heterocycles. The largest absolute Gasteiger partial charge is 0.451 e. The number of amides is 1. The molecule has 1 amide bonds. The molecule has 0 saturated carbocycles. The summed E-state index contributed by atoms with van der Waals surface area (Å²) in [6, 6.07) is 13.4. The van der Waals surface area contributed by atoms with E-state index < -0.39 is 0 Å². The summed E-state index contributed by atoms with van der Waals surface area (Å²) < 4.78 is 5.56. The number of aliphatic hydroxyl groups is 1. The lowest BCUT2D eigenvalue weighted by atomic mass is 10.00. The van der Waals surface area contributed by atoms with E-state index >= 15 is 0 Å². The minimum atomic E-state index is -0.199. The summed E-state index contributed by atoms with van der Waals surface area (Å²) >= 11 is 1.69. The maximum absolute atomic E-state index is 12.2. The molecule has 0 aliphatic carbocycles. The van der Waals surface area contributed by atoms with E-state index in [2.05, 4.69) is 11.4 Å². The first-order valence-electron chi connectivity index (χ1n) is 7.69. The van der Waals surface area contributed by atoms with Gasteiger partial charge >= 0.3 is 0 Å². The van der Waals surface area contributed by atoms with E-state index in [4.69, 9.17) is 4.42 Å². The number of furan rings is 1. The number of hydrogen-bond acceptors (Lipinski definition) is 4. The molecule has 0 unspecified atom stereocenters. The summed E-state index contributed by atoms with van der Waals surface area (Å²) in [5.74, 6) is 0.409. The Morgan fingerprint density at radius 1 is 1.22 bits per heavy atom. The molecular weight excluding hydrogens is 310 g/mol. The first-order valence-corrected chi connectivity index (χ1v) is 8.57. The average Bonchev–Trinajstić information content (AvgIpc) is 3.23. The standard InChI is InChI=1S/C18H19NO3S/c20-10-8-13(17-6-3-11-23-17)7-9-19-18(21)16-12-14-4-1-2-5-15(14)22-16/h1-6,11-13,20H,7-10H2,(H,19,21)/t13-/m1/s1. The Kier molecular flexibility index (Phi) is 5.10. The van der Waals surface area contributed by atoms with Crippen LogP contribution in [0.4, 0.5) is 0 Å². The van der Waals surface area contributed by atoms with Gasteiger partial charge in [0.2, 0.25) is 0 Å². The van der Waals surface area contributed by atoms with E-state index in [0.29, 0.717) is 18.7 Å². The number of aliphatic hydroxyl groups excluding tert-OH is 1. The Bertz CT molecular complexity index is 731. The number of fused-ring (bicyclic) bond motifs is 1. The molecule has 0 radical (unpaired) electrons. The number of nitrogens with one attached hydrogen (secondary N) is 1. The van der Waals surface area contributed by atoms with Gasteiger partial charge in [0.15, 0.2) is 5.76 Å². The molecule has 1 atom stereocenters. The monoisotopic (exact) mass is 329 g/mol. The first kappa shape index (κ1) is 15.8. The molecule has 0 fully saturated rings. The SMILES string of the molecule is O=C(NCC[C@H](CCO)c1cccs1)c1cc2ccccc2o1. The van der Waals surface area contributed by atoms with Crippen LogP contribution in [-0.4, -0.2) is 24.2 Å². The molecular formula is C18H19NO3S. The Labute approximate surface area is 138 Å². The molecule has 0 aliphatic rings. The number of hydrogen-bond donors (Lipinski definition) is 2. The molecule has 4 nitrogen and oxygen atoms in total. The predicted octanol–water partition coefficient (Wildman–Crippen LogP) is 3.78. The van der Waals surface area contributed by atoms with Gasteiger partial charge in [0, 0.05) is 23.4 Å². The molecule has 5 heteroatoms. The quantitative estimate of drug-likeness (QED) is 0.693. The number of para-hydroxylation sites is 1. The second-order valence-corrected chi connectivity index (χ2v) is 6.40. The minimum absolute atomic E-state index is 0.153. The highest BCUT2D eigenvalue weighted by molar-refractivity contribution is 7.10. The fraction of sp³-hybridized carbons (Fsp3) is 0.278. The highest BCUT2D eigenvalue weighted by atomic mass is 32.1. The normalized spacial score (nSPS) is 12.4. The maximum atomic E-state index is 12.2. The summed E-state index contributed by atoms with van der Waals surface area (Å²) in [7, 11) is 0. The lowest BCUT2D eigenvalue weighted by Crippen LogP contribution is -2.25. The van der Waals surface area contributed by atoms with Gasteiger partial charge in [0.25, 0.3) is 5.91 Å². The number of rotatable bonds is 7. The molecule has 120 valence electrons. The van der Waals surface area contributed by atoms with Crippen molar-refractivity contribution in [3.05, 3.63) is 58.5 Å². The molecule has 0 spiro atoms. The van der Waals surface area contributed by atoms with Crippen LogP contribution in [0, 0.1) is 0 Å². The van der Waals surface area contributed by atoms with Crippen LogP contribution < -0.4 is 5.32 Å². The van der Waals surface area contributed by atoms with Crippen molar-refractivity contribution in [3.8, 4) is 0 Å². The number of carbonyl (C=O) groups excluding carboxylic acids is 1. The van der Waals surface area contributed by atoms with E-state index in [1.807, 2.05) is 35.7 Å². The third-order valence-electron chi connectivity index (χ3n) is 3.85. The van der Waals surface area contributed by atoms with Gasteiger partial charge in [0.05, 0.1) is 0 Å². The van der Waals surface area contributed by atoms with Crippen LogP contribution in [0.1, 0.15) is 34.2 Å². The average molecular weight is 329 g/mol. The van der Waals surface area contributed by atoms with Crippen molar-refractivity contribution in [3.63, 3.8) is 0 Å². The molecule has 0 saturated heterocycles. The van der Waals surface area contributed by atoms with Crippen LogP contribution in [0.15, 0.2) is 52.3 Å². The number of carbonyl (C=O) groups is 1. The van der Waals surface area contributed by atoms with E-state index in [-0.39, 0.29) is 18.4 Å². The summed E-state index contributed by atoms with van der Waals surface area (Å²) in [5, 5.41) is 15.1. The Balaban J connectivity index is 1.57. The molecule has 0 aliphatic heterocycles. The van der Waals surface area contributed by atoms with E-state index in [1.165, 1.54) is 4.88 Å². The van der Waals surface area contributed by atoms with Crippen molar-refractivity contribution in [2.75, 3.05) is 13.2 Å². The Hall–Kier alpha value is -2.11. The van der Waals surface area contributed by atoms with E-state index in [1.54, 1.807) is 17.4 Å². The zero-order chi connectivity index (χ0) is 16.1. The third-order valence-corrected chi connectivity index (χ3v) is 4.89. The van der Waals surface area contributed by atoms with Gasteiger partial charge in [0.1, 0.15) is 5.58 Å². The number of benzene rings is 1. The summed E-state index contributed by atoms with van der Waals surface area (Å²) in [6.45, 7) is 0.707. The molecule has 0 bridgehead atoms. The van der Waals surface area contributed by atoms with Crippen LogP contribution in [0.5, 0.6) is 0 Å². The van der Waals surface area contributed by atoms with Crippen molar-refractivity contribution < 1.29 is 14.3 Å². The third kappa shape index (κ3) is 3.81. The highest BCUT2D eigenvalue weighted by Crippen LogP contribution is 2.27. The van der Waals surface area contributed by atoms with Gasteiger partial charge in [-0.1, -0.05) is 24.3 Å². The van der Waals surface area contributed by atoms with Crippen molar-refractivity contribution >= 4 is 28.2 Å². The smallest absolute Gasteiger partial charge is 0.287 e. The summed E-state index contributed by atoms with van der Waals surface area (Å²) in [6.07, 6.45) is 1.51. The van der Waals surface area contributed by atoms with Gasteiger partial charge in [-0.3, -0.25) is 4.79 Å². The fourth-order valence-electron chi connectivity index (χ4n) is 2.65. The zero-order valence-corrected chi connectivity index (χ0v) is 13.5. The summed E-state index contributed by atoms with van der Waals surface area (Å²) in [4.78, 5) is 13.4. The van der Waals surface area contributed by atoms with Crippen molar-refractivity contribution in [2.24, 2.45) is 0 Å². The van der Waals surface area contributed by atoms with Crippen LogP contribution >= 0.6 is 11.3 Å². The number of thiophene rings is 1. The fourth-order valence-corrected chi connectivity index (χ4v) is 3.55. The predicted molar refractivity (Wildman–Crippen MR) is 91.9 cm³/mol. The lowest BCUT2D eigenvalue weighted by molar-refractivity contribution is 0.0926. The topological polar surface area (TPSA) is 62.5 Å². The molecule has 2 N–H and O–H groups in total. The Morgan fingerprint density at radius 2 is 2.09 bits per heavy atom. The Morgan fingerprint density at radius 3 is 2.83 bits per heavy atom. The molecule has 1 aromatic carbocycles. The first-order chi connectivity index (χ1) is 11.3. The second kappa shape index (κ2) is 7.44.